The maximum atomic E-state index is 11.4. The zero-order chi connectivity index (χ0) is 10.4. The van der Waals surface area contributed by atoms with Gasteiger partial charge >= 0.3 is 0 Å². The Bertz CT molecular complexity index is 183. The van der Waals surface area contributed by atoms with Crippen molar-refractivity contribution in [1.82, 2.24) is 10.6 Å². The normalized spacial score (nSPS) is 18.7. The molecular formula is C10H20N2OS. The average molecular weight is 216 g/mol. The summed E-state index contributed by atoms with van der Waals surface area (Å²) < 4.78 is 0. The van der Waals surface area contributed by atoms with Gasteiger partial charge in [0.25, 0.3) is 0 Å². The molecular weight excluding hydrogens is 196 g/mol. The summed E-state index contributed by atoms with van der Waals surface area (Å²) in [6, 6.07) is 0. The first-order valence-corrected chi connectivity index (χ1v) is 6.51. The van der Waals surface area contributed by atoms with E-state index in [-0.39, 0.29) is 5.91 Å². The van der Waals surface area contributed by atoms with Crippen LogP contribution in [0, 0.1) is 5.92 Å². The number of thioether (sulfide) groups is 1. The molecule has 0 aromatic heterocycles. The Morgan fingerprint density at radius 1 is 1.64 bits per heavy atom. The molecule has 1 atom stereocenters. The zero-order valence-corrected chi connectivity index (χ0v) is 9.82. The summed E-state index contributed by atoms with van der Waals surface area (Å²) in [4.78, 5) is 11.4. The van der Waals surface area contributed by atoms with Gasteiger partial charge in [0.05, 0.1) is 0 Å². The number of nitrogens with one attached hydrogen (secondary N) is 2. The largest absolute Gasteiger partial charge is 0.356 e. The van der Waals surface area contributed by atoms with Crippen LogP contribution in [0.15, 0.2) is 0 Å². The van der Waals surface area contributed by atoms with Gasteiger partial charge in [-0.15, -0.1) is 0 Å². The standard InChI is InChI=1S/C10H20N2OS/c1-8(14-2)3-4-12-10(13)5-9-6-11-7-9/h8-9,11H,3-7H2,1-2H3,(H,12,13). The summed E-state index contributed by atoms with van der Waals surface area (Å²) in [5, 5.41) is 6.77. The SMILES string of the molecule is CSC(C)CCNC(=O)CC1CNC1. The van der Waals surface area contributed by atoms with Gasteiger partial charge in [-0.1, -0.05) is 6.92 Å². The monoisotopic (exact) mass is 216 g/mol. The Morgan fingerprint density at radius 2 is 2.36 bits per heavy atom. The van der Waals surface area contributed by atoms with Crippen molar-refractivity contribution in [3.05, 3.63) is 0 Å². The van der Waals surface area contributed by atoms with Crippen molar-refractivity contribution in [2.45, 2.75) is 25.0 Å². The van der Waals surface area contributed by atoms with Gasteiger partial charge in [0.15, 0.2) is 0 Å². The van der Waals surface area contributed by atoms with Crippen LogP contribution in [0.3, 0.4) is 0 Å². The van der Waals surface area contributed by atoms with Crippen molar-refractivity contribution in [3.63, 3.8) is 0 Å². The molecule has 0 aromatic rings. The fourth-order valence-corrected chi connectivity index (χ4v) is 1.71. The first kappa shape index (κ1) is 11.9. The van der Waals surface area contributed by atoms with Gasteiger partial charge in [0.2, 0.25) is 5.91 Å². The maximum absolute atomic E-state index is 11.4. The fourth-order valence-electron chi connectivity index (χ4n) is 1.36. The van der Waals surface area contributed by atoms with Gasteiger partial charge < -0.3 is 10.6 Å². The molecule has 0 radical (unpaired) electrons. The first-order valence-electron chi connectivity index (χ1n) is 5.22. The Hall–Kier alpha value is -0.220. The second kappa shape index (κ2) is 6.30. The molecule has 1 unspecified atom stereocenters. The maximum Gasteiger partial charge on any atom is 0.220 e. The summed E-state index contributed by atoms with van der Waals surface area (Å²) in [6.07, 6.45) is 3.86. The average Bonchev–Trinajstić information content (AvgIpc) is 2.11. The molecule has 1 rings (SSSR count). The molecule has 1 saturated heterocycles. The van der Waals surface area contributed by atoms with E-state index in [1.165, 1.54) is 0 Å². The first-order chi connectivity index (χ1) is 6.72. The highest BCUT2D eigenvalue weighted by molar-refractivity contribution is 7.99. The highest BCUT2D eigenvalue weighted by Gasteiger charge is 2.19. The second-order valence-electron chi connectivity index (χ2n) is 3.91. The predicted molar refractivity (Wildman–Crippen MR) is 61.6 cm³/mol. The predicted octanol–water partition coefficient (Wildman–Crippen LogP) is 0.854. The lowest BCUT2D eigenvalue weighted by atomic mass is 9.99. The van der Waals surface area contributed by atoms with E-state index in [2.05, 4.69) is 23.8 Å². The van der Waals surface area contributed by atoms with Crippen LogP contribution in [-0.2, 0) is 4.79 Å². The molecule has 2 N–H and O–H groups in total. The number of rotatable bonds is 6. The summed E-state index contributed by atoms with van der Waals surface area (Å²) >= 11 is 1.84. The van der Waals surface area contributed by atoms with E-state index in [0.717, 1.165) is 26.1 Å². The third kappa shape index (κ3) is 4.33. The lowest BCUT2D eigenvalue weighted by molar-refractivity contribution is -0.122. The molecule has 14 heavy (non-hydrogen) atoms. The fraction of sp³-hybridized carbons (Fsp3) is 0.900. The Balaban J connectivity index is 1.97. The molecule has 3 nitrogen and oxygen atoms in total. The van der Waals surface area contributed by atoms with Crippen LogP contribution >= 0.6 is 11.8 Å². The van der Waals surface area contributed by atoms with Crippen LogP contribution in [0.2, 0.25) is 0 Å². The van der Waals surface area contributed by atoms with Gasteiger partial charge in [-0.05, 0) is 31.7 Å². The van der Waals surface area contributed by atoms with Crippen LogP contribution in [0.25, 0.3) is 0 Å². The van der Waals surface area contributed by atoms with Crippen molar-refractivity contribution in [2.75, 3.05) is 25.9 Å². The van der Waals surface area contributed by atoms with Gasteiger partial charge in [-0.2, -0.15) is 11.8 Å². The number of hydrogen-bond acceptors (Lipinski definition) is 3. The van der Waals surface area contributed by atoms with Gasteiger partial charge in [-0.25, -0.2) is 0 Å². The Labute approximate surface area is 90.4 Å². The van der Waals surface area contributed by atoms with Crippen LogP contribution in [-0.4, -0.2) is 37.0 Å². The van der Waals surface area contributed by atoms with Crippen molar-refractivity contribution >= 4 is 17.7 Å². The molecule has 0 spiro atoms. The van der Waals surface area contributed by atoms with E-state index in [1.807, 2.05) is 11.8 Å². The third-order valence-electron chi connectivity index (χ3n) is 2.62. The Morgan fingerprint density at radius 3 is 2.86 bits per heavy atom. The molecule has 1 fully saturated rings. The van der Waals surface area contributed by atoms with E-state index in [0.29, 0.717) is 17.6 Å². The van der Waals surface area contributed by atoms with Crippen LogP contribution in [0.5, 0.6) is 0 Å². The minimum Gasteiger partial charge on any atom is -0.356 e. The number of carbonyl (C=O) groups excluding carboxylic acids is 1. The quantitative estimate of drug-likeness (QED) is 0.692. The van der Waals surface area contributed by atoms with E-state index >= 15 is 0 Å². The smallest absolute Gasteiger partial charge is 0.220 e. The molecule has 1 aliphatic heterocycles. The van der Waals surface area contributed by atoms with E-state index < -0.39 is 0 Å². The van der Waals surface area contributed by atoms with Crippen molar-refractivity contribution in [2.24, 2.45) is 5.92 Å². The second-order valence-corrected chi connectivity index (χ2v) is 5.19. The van der Waals surface area contributed by atoms with Gasteiger partial charge in [0, 0.05) is 18.2 Å². The molecule has 0 aliphatic carbocycles. The van der Waals surface area contributed by atoms with Crippen molar-refractivity contribution in [1.29, 1.82) is 0 Å². The number of amides is 1. The van der Waals surface area contributed by atoms with Crippen LogP contribution in [0.1, 0.15) is 19.8 Å². The minimum atomic E-state index is 0.213. The van der Waals surface area contributed by atoms with E-state index in [4.69, 9.17) is 0 Å². The van der Waals surface area contributed by atoms with Crippen molar-refractivity contribution in [3.8, 4) is 0 Å². The molecule has 0 bridgehead atoms. The molecule has 1 heterocycles. The van der Waals surface area contributed by atoms with Crippen molar-refractivity contribution < 1.29 is 4.79 Å². The van der Waals surface area contributed by atoms with E-state index in [1.54, 1.807) is 0 Å². The van der Waals surface area contributed by atoms with Crippen LogP contribution < -0.4 is 10.6 Å². The lowest BCUT2D eigenvalue weighted by Gasteiger charge is -2.26. The molecule has 0 saturated carbocycles. The molecule has 1 aliphatic rings. The van der Waals surface area contributed by atoms with E-state index in [9.17, 15) is 4.79 Å². The molecule has 1 amide bonds. The molecule has 4 heteroatoms. The summed E-state index contributed by atoms with van der Waals surface area (Å²) in [5.74, 6) is 0.790. The highest BCUT2D eigenvalue weighted by Crippen LogP contribution is 2.09. The highest BCUT2D eigenvalue weighted by atomic mass is 32.2. The van der Waals surface area contributed by atoms with Crippen LogP contribution in [0.4, 0.5) is 0 Å². The number of carbonyl (C=O) groups is 1. The minimum absolute atomic E-state index is 0.213. The summed E-state index contributed by atoms with van der Waals surface area (Å²) in [7, 11) is 0. The summed E-state index contributed by atoms with van der Waals surface area (Å²) in [5.41, 5.74) is 0. The molecule has 0 aromatic carbocycles. The zero-order valence-electron chi connectivity index (χ0n) is 9.01. The number of hydrogen-bond donors (Lipinski definition) is 2. The lowest BCUT2D eigenvalue weighted by Crippen LogP contribution is -2.44. The third-order valence-corrected chi connectivity index (χ3v) is 3.66. The van der Waals surface area contributed by atoms with Gasteiger partial charge in [-0.3, -0.25) is 4.79 Å². The van der Waals surface area contributed by atoms with Gasteiger partial charge in [0.1, 0.15) is 0 Å². The Kier molecular flexibility index (Phi) is 5.33. The summed E-state index contributed by atoms with van der Waals surface area (Å²) in [6.45, 7) is 5.02. The topological polar surface area (TPSA) is 41.1 Å². The molecule has 82 valence electrons.